The number of hydrogen-bond donors (Lipinski definition) is 1. The fourth-order valence-electron chi connectivity index (χ4n) is 1.42. The summed E-state index contributed by atoms with van der Waals surface area (Å²) in [6, 6.07) is 1.06. The van der Waals surface area contributed by atoms with Crippen LogP contribution < -0.4 is 0 Å². The zero-order valence-electron chi connectivity index (χ0n) is 11.6. The summed E-state index contributed by atoms with van der Waals surface area (Å²) in [5, 5.41) is 9.83. The fourth-order valence-corrected chi connectivity index (χ4v) is 3.39. The molecule has 8 heteroatoms. The molecule has 0 aliphatic heterocycles. The van der Waals surface area contributed by atoms with Crippen LogP contribution in [0.15, 0.2) is 9.76 Å². The Labute approximate surface area is 126 Å². The van der Waals surface area contributed by atoms with E-state index in [9.17, 15) is 9.90 Å². The summed E-state index contributed by atoms with van der Waals surface area (Å²) in [4.78, 5) is 15.4. The average molecular weight is 367 g/mol. The van der Waals surface area contributed by atoms with E-state index >= 15 is 0 Å². The van der Waals surface area contributed by atoms with E-state index in [0.717, 1.165) is 6.04 Å². The first-order valence-electron chi connectivity index (χ1n) is 5.87. The van der Waals surface area contributed by atoms with Crippen LogP contribution in [0, 0.1) is 0 Å². The Morgan fingerprint density at radius 3 is 2.63 bits per heavy atom. The van der Waals surface area contributed by atoms with E-state index in [-0.39, 0.29) is 12.4 Å². The molecule has 1 N–H and O–H groups in total. The predicted molar refractivity (Wildman–Crippen MR) is 82.8 cm³/mol. The lowest BCUT2D eigenvalue weighted by molar-refractivity contribution is 0.0602. The molecule has 19 heavy (non-hydrogen) atoms. The molecule has 0 fully saturated rings. The van der Waals surface area contributed by atoms with Gasteiger partial charge in [-0.05, 0) is 28.2 Å². The first-order chi connectivity index (χ1) is 8.76. The van der Waals surface area contributed by atoms with Crippen molar-refractivity contribution in [3.8, 4) is 0 Å². The van der Waals surface area contributed by atoms with E-state index in [1.807, 2.05) is 6.26 Å². The van der Waals surface area contributed by atoms with Gasteiger partial charge in [0, 0.05) is 14.7 Å². The van der Waals surface area contributed by atoms with Crippen LogP contribution in [0.2, 0.25) is 25.7 Å². The molecular formula is C11H19BrN2O3SSi. The number of hydrogen-bond acceptors (Lipinski definition) is 4. The molecule has 0 spiro atoms. The van der Waals surface area contributed by atoms with Crippen molar-refractivity contribution in [2.24, 2.45) is 0 Å². The highest BCUT2D eigenvalue weighted by atomic mass is 79.9. The van der Waals surface area contributed by atoms with Gasteiger partial charge >= 0.3 is 5.97 Å². The largest absolute Gasteiger partial charge is 0.476 e. The summed E-state index contributed by atoms with van der Waals surface area (Å²) in [7, 11) is -1.13. The van der Waals surface area contributed by atoms with Crippen LogP contribution in [-0.4, -0.2) is 41.6 Å². The van der Waals surface area contributed by atoms with Crippen LogP contribution >= 0.6 is 27.7 Å². The van der Waals surface area contributed by atoms with Crippen molar-refractivity contribution in [2.75, 3.05) is 12.9 Å². The maximum Gasteiger partial charge on any atom is 0.355 e. The monoisotopic (exact) mass is 366 g/mol. The number of carboxylic acid groups (broad SMARTS) is 1. The second-order valence-electron chi connectivity index (χ2n) is 5.32. The van der Waals surface area contributed by atoms with Crippen molar-refractivity contribution in [2.45, 2.75) is 37.6 Å². The standard InChI is InChI=1S/C11H19BrN2O3SSi/c1-18-11-13-9(12)8(10(15)16)14(11)7-17-5-6-19(2,3)4/h5-7H2,1-4H3,(H,15,16). The van der Waals surface area contributed by atoms with Crippen molar-refractivity contribution in [1.29, 1.82) is 0 Å². The predicted octanol–water partition coefficient (Wildman–Crippen LogP) is 3.38. The van der Waals surface area contributed by atoms with E-state index in [2.05, 4.69) is 40.6 Å². The Morgan fingerprint density at radius 2 is 2.16 bits per heavy atom. The quantitative estimate of drug-likeness (QED) is 0.455. The van der Waals surface area contributed by atoms with Crippen LogP contribution in [0.4, 0.5) is 0 Å². The Morgan fingerprint density at radius 1 is 1.53 bits per heavy atom. The summed E-state index contributed by atoms with van der Waals surface area (Å²) in [6.07, 6.45) is 1.86. The molecule has 0 bridgehead atoms. The van der Waals surface area contributed by atoms with E-state index in [1.165, 1.54) is 11.8 Å². The molecule has 0 aliphatic rings. The average Bonchev–Trinajstić information content (AvgIpc) is 2.59. The van der Waals surface area contributed by atoms with Gasteiger partial charge < -0.3 is 9.84 Å². The number of aromatic nitrogens is 2. The van der Waals surface area contributed by atoms with E-state index < -0.39 is 14.0 Å². The first-order valence-corrected chi connectivity index (χ1v) is 11.6. The molecule has 0 aliphatic carbocycles. The molecule has 1 aromatic heterocycles. The minimum atomic E-state index is -1.13. The molecule has 5 nitrogen and oxygen atoms in total. The van der Waals surface area contributed by atoms with Crippen LogP contribution in [0.3, 0.4) is 0 Å². The highest BCUT2D eigenvalue weighted by Crippen LogP contribution is 2.24. The third-order valence-corrected chi connectivity index (χ3v) is 5.43. The lowest BCUT2D eigenvalue weighted by Gasteiger charge is -2.16. The van der Waals surface area contributed by atoms with Crippen molar-refractivity contribution >= 4 is 41.7 Å². The van der Waals surface area contributed by atoms with Crippen LogP contribution in [0.5, 0.6) is 0 Å². The van der Waals surface area contributed by atoms with Crippen molar-refractivity contribution < 1.29 is 14.6 Å². The zero-order chi connectivity index (χ0) is 14.6. The highest BCUT2D eigenvalue weighted by molar-refractivity contribution is 9.10. The summed E-state index contributed by atoms with van der Waals surface area (Å²) >= 11 is 4.57. The molecule has 0 amide bonds. The molecule has 0 aromatic carbocycles. The normalized spacial score (nSPS) is 11.8. The van der Waals surface area contributed by atoms with Crippen LogP contribution in [0.25, 0.3) is 0 Å². The minimum absolute atomic E-state index is 0.136. The fraction of sp³-hybridized carbons (Fsp3) is 0.636. The topological polar surface area (TPSA) is 64.3 Å². The van der Waals surface area contributed by atoms with Crippen molar-refractivity contribution in [1.82, 2.24) is 9.55 Å². The lowest BCUT2D eigenvalue weighted by atomic mass is 10.5. The van der Waals surface area contributed by atoms with Gasteiger partial charge in [-0.25, -0.2) is 9.78 Å². The molecule has 0 saturated carbocycles. The number of thioether (sulfide) groups is 1. The number of imidazole rings is 1. The molecule has 0 atom stereocenters. The highest BCUT2D eigenvalue weighted by Gasteiger charge is 2.21. The molecule has 1 aromatic rings. The molecule has 1 rings (SSSR count). The second kappa shape index (κ2) is 6.92. The summed E-state index contributed by atoms with van der Waals surface area (Å²) < 4.78 is 7.53. The number of carboxylic acids is 1. The van der Waals surface area contributed by atoms with Gasteiger partial charge in [-0.2, -0.15) is 0 Å². The molecule has 0 saturated heterocycles. The van der Waals surface area contributed by atoms with E-state index in [1.54, 1.807) is 4.57 Å². The Bertz CT molecular complexity index is 460. The first kappa shape index (κ1) is 16.7. The van der Waals surface area contributed by atoms with Gasteiger partial charge in [0.15, 0.2) is 10.9 Å². The van der Waals surface area contributed by atoms with Gasteiger partial charge in [0.25, 0.3) is 0 Å². The van der Waals surface area contributed by atoms with E-state index in [0.29, 0.717) is 16.4 Å². The third-order valence-electron chi connectivity index (χ3n) is 2.49. The minimum Gasteiger partial charge on any atom is -0.476 e. The molecule has 0 unspecified atom stereocenters. The van der Waals surface area contributed by atoms with Crippen molar-refractivity contribution in [3.63, 3.8) is 0 Å². The Hall–Kier alpha value is -0.313. The van der Waals surface area contributed by atoms with Gasteiger partial charge in [0.05, 0.1) is 0 Å². The molecule has 0 radical (unpaired) electrons. The molecule has 1 heterocycles. The Balaban J connectivity index is 2.74. The number of nitrogens with zero attached hydrogens (tertiary/aromatic N) is 2. The Kier molecular flexibility index (Phi) is 6.09. The van der Waals surface area contributed by atoms with Crippen molar-refractivity contribution in [3.05, 3.63) is 10.3 Å². The maximum absolute atomic E-state index is 11.2. The van der Waals surface area contributed by atoms with Crippen LogP contribution in [0.1, 0.15) is 10.5 Å². The third kappa shape index (κ3) is 4.94. The summed E-state index contributed by atoms with van der Waals surface area (Å²) in [5.74, 6) is -1.01. The smallest absolute Gasteiger partial charge is 0.355 e. The summed E-state index contributed by atoms with van der Waals surface area (Å²) in [5.41, 5.74) is 0.136. The maximum atomic E-state index is 11.2. The number of carbonyl (C=O) groups is 1. The summed E-state index contributed by atoms with van der Waals surface area (Å²) in [6.45, 7) is 7.71. The van der Waals surface area contributed by atoms with Gasteiger partial charge in [-0.3, -0.25) is 4.57 Å². The number of rotatable bonds is 7. The van der Waals surface area contributed by atoms with Crippen LogP contribution in [-0.2, 0) is 11.5 Å². The van der Waals surface area contributed by atoms with Gasteiger partial charge in [0.1, 0.15) is 11.3 Å². The lowest BCUT2D eigenvalue weighted by Crippen LogP contribution is -2.22. The number of ether oxygens (including phenoxy) is 1. The van der Waals surface area contributed by atoms with Gasteiger partial charge in [0.2, 0.25) is 0 Å². The number of halogens is 1. The molecule has 108 valence electrons. The zero-order valence-corrected chi connectivity index (χ0v) is 15.0. The second-order valence-corrected chi connectivity index (χ2v) is 12.5. The van der Waals surface area contributed by atoms with E-state index in [4.69, 9.17) is 4.74 Å². The van der Waals surface area contributed by atoms with Gasteiger partial charge in [-0.15, -0.1) is 0 Å². The number of aromatic carboxylic acids is 1. The SMILES string of the molecule is CSc1nc(Br)c(C(=O)O)n1COCC[Si](C)(C)C. The van der Waals surface area contributed by atoms with Gasteiger partial charge in [-0.1, -0.05) is 31.4 Å². The molecular weight excluding hydrogens is 348 g/mol.